The van der Waals surface area contributed by atoms with Crippen LogP contribution in [0, 0.1) is 0 Å². The topological polar surface area (TPSA) is 46.8 Å². The Morgan fingerprint density at radius 1 is 1.39 bits per heavy atom. The largest absolute Gasteiger partial charge is 0.447 e. The van der Waals surface area contributed by atoms with Gasteiger partial charge in [0.1, 0.15) is 6.61 Å². The summed E-state index contributed by atoms with van der Waals surface area (Å²) >= 11 is 0. The van der Waals surface area contributed by atoms with E-state index in [1.54, 1.807) is 11.1 Å². The number of nitrogens with zero attached hydrogens (tertiary/aromatic N) is 3. The third-order valence-corrected chi connectivity index (χ3v) is 3.59. The van der Waals surface area contributed by atoms with Crippen LogP contribution in [0.1, 0.15) is 24.3 Å². The predicted octanol–water partition coefficient (Wildman–Crippen LogP) is 2.17. The lowest BCUT2D eigenvalue weighted by Crippen LogP contribution is -2.24. The number of pyridine rings is 1. The second-order valence-corrected chi connectivity index (χ2v) is 4.86. The van der Waals surface area contributed by atoms with Crippen LogP contribution in [0.25, 0.3) is 5.65 Å². The monoisotopic (exact) mass is 243 g/mol. The summed E-state index contributed by atoms with van der Waals surface area (Å²) in [5, 5.41) is 0. The Balaban J connectivity index is 1.90. The fraction of sp³-hybridized carbons (Fsp3) is 0.385. The number of aromatic nitrogens is 2. The molecule has 18 heavy (non-hydrogen) atoms. The number of amides is 1. The first kappa shape index (κ1) is 9.94. The van der Waals surface area contributed by atoms with Crippen LogP contribution in [0.4, 0.5) is 10.5 Å². The van der Waals surface area contributed by atoms with Crippen molar-refractivity contribution in [1.82, 2.24) is 9.38 Å². The highest BCUT2D eigenvalue weighted by molar-refractivity contribution is 5.93. The molecule has 0 N–H and O–H groups in total. The molecule has 0 unspecified atom stereocenters. The quantitative estimate of drug-likeness (QED) is 0.812. The third kappa shape index (κ3) is 1.40. The predicted molar refractivity (Wildman–Crippen MR) is 65.9 cm³/mol. The number of ether oxygens (including phenoxy) is 1. The maximum atomic E-state index is 11.7. The standard InChI is InChI=1S/C13H13N3O2/c17-13-16(5-6-18-13)11-7-10(9-1-2-9)8-15-4-3-14-12(11)15/h3-4,7-9H,1-2,5-6H2. The molecule has 1 amide bonds. The molecular weight excluding hydrogens is 230 g/mol. The van der Waals surface area contributed by atoms with E-state index in [0.717, 1.165) is 11.3 Å². The van der Waals surface area contributed by atoms with Crippen molar-refractivity contribution in [1.29, 1.82) is 0 Å². The Hall–Kier alpha value is -2.04. The number of hydrogen-bond donors (Lipinski definition) is 0. The summed E-state index contributed by atoms with van der Waals surface area (Å²) in [6.07, 6.45) is 8.01. The first-order valence-electron chi connectivity index (χ1n) is 6.24. The molecule has 1 saturated heterocycles. The summed E-state index contributed by atoms with van der Waals surface area (Å²) in [5.74, 6) is 0.647. The second-order valence-electron chi connectivity index (χ2n) is 4.86. The van der Waals surface area contributed by atoms with Crippen molar-refractivity contribution < 1.29 is 9.53 Å². The molecule has 5 nitrogen and oxygen atoms in total. The minimum absolute atomic E-state index is 0.271. The lowest BCUT2D eigenvalue weighted by atomic mass is 10.1. The molecule has 1 saturated carbocycles. The Bertz CT molecular complexity index is 630. The summed E-state index contributed by atoms with van der Waals surface area (Å²) in [7, 11) is 0. The molecule has 4 rings (SSSR count). The zero-order valence-electron chi connectivity index (χ0n) is 9.87. The summed E-state index contributed by atoms with van der Waals surface area (Å²) in [6.45, 7) is 1.06. The Labute approximate surface area is 104 Å². The molecule has 0 aromatic carbocycles. The molecule has 0 spiro atoms. The second kappa shape index (κ2) is 3.48. The number of rotatable bonds is 2. The smallest absolute Gasteiger partial charge is 0.414 e. The van der Waals surface area contributed by atoms with E-state index in [1.807, 2.05) is 10.6 Å². The number of cyclic esters (lactones) is 1. The highest BCUT2D eigenvalue weighted by Gasteiger charge is 2.29. The van der Waals surface area contributed by atoms with Crippen LogP contribution in [0.3, 0.4) is 0 Å². The maximum Gasteiger partial charge on any atom is 0.414 e. The van der Waals surface area contributed by atoms with E-state index in [4.69, 9.17) is 4.74 Å². The average molecular weight is 243 g/mol. The van der Waals surface area contributed by atoms with Crippen LogP contribution in [0.2, 0.25) is 0 Å². The van der Waals surface area contributed by atoms with Crippen molar-refractivity contribution in [2.75, 3.05) is 18.1 Å². The average Bonchev–Trinajstić information content (AvgIpc) is 2.97. The molecule has 5 heteroatoms. The van der Waals surface area contributed by atoms with Gasteiger partial charge in [-0.1, -0.05) is 0 Å². The number of hydrogen-bond acceptors (Lipinski definition) is 3. The normalized spacial score (nSPS) is 19.6. The molecule has 92 valence electrons. The van der Waals surface area contributed by atoms with Crippen molar-refractivity contribution in [2.24, 2.45) is 0 Å². The summed E-state index contributed by atoms with van der Waals surface area (Å²) < 4.78 is 7.01. The van der Waals surface area contributed by atoms with Gasteiger partial charge in [0.25, 0.3) is 0 Å². The zero-order valence-corrected chi connectivity index (χ0v) is 9.87. The van der Waals surface area contributed by atoms with Gasteiger partial charge in [0, 0.05) is 18.6 Å². The molecule has 3 heterocycles. The highest BCUT2D eigenvalue weighted by atomic mass is 16.6. The maximum absolute atomic E-state index is 11.7. The van der Waals surface area contributed by atoms with Crippen molar-refractivity contribution in [3.63, 3.8) is 0 Å². The fourth-order valence-corrected chi connectivity index (χ4v) is 2.49. The molecule has 0 bridgehead atoms. The van der Waals surface area contributed by atoms with Crippen molar-refractivity contribution >= 4 is 17.4 Å². The van der Waals surface area contributed by atoms with Crippen molar-refractivity contribution in [3.8, 4) is 0 Å². The van der Waals surface area contributed by atoms with Gasteiger partial charge in [-0.25, -0.2) is 9.78 Å². The minimum Gasteiger partial charge on any atom is -0.447 e. The van der Waals surface area contributed by atoms with Gasteiger partial charge in [0.05, 0.1) is 12.2 Å². The molecule has 0 atom stereocenters. The number of fused-ring (bicyclic) bond motifs is 1. The summed E-state index contributed by atoms with van der Waals surface area (Å²) in [6, 6.07) is 2.09. The molecule has 2 fully saturated rings. The molecular formula is C13H13N3O2. The van der Waals surface area contributed by atoms with Crippen LogP contribution in [-0.4, -0.2) is 28.6 Å². The van der Waals surface area contributed by atoms with Gasteiger partial charge in [0.15, 0.2) is 5.65 Å². The van der Waals surface area contributed by atoms with Gasteiger partial charge in [0.2, 0.25) is 0 Å². The van der Waals surface area contributed by atoms with Crippen LogP contribution in [0.5, 0.6) is 0 Å². The minimum atomic E-state index is -0.271. The summed E-state index contributed by atoms with van der Waals surface area (Å²) in [5.41, 5.74) is 2.97. The third-order valence-electron chi connectivity index (χ3n) is 3.59. The number of imidazole rings is 1. The van der Waals surface area contributed by atoms with Crippen LogP contribution in [-0.2, 0) is 4.74 Å². The summed E-state index contributed by atoms with van der Waals surface area (Å²) in [4.78, 5) is 17.7. The Morgan fingerprint density at radius 2 is 2.28 bits per heavy atom. The van der Waals surface area contributed by atoms with Gasteiger partial charge in [-0.2, -0.15) is 0 Å². The highest BCUT2D eigenvalue weighted by Crippen LogP contribution is 2.41. The van der Waals surface area contributed by atoms with E-state index in [2.05, 4.69) is 17.2 Å². The molecule has 1 aliphatic carbocycles. The first-order chi connectivity index (χ1) is 8.83. The van der Waals surface area contributed by atoms with Crippen LogP contribution in [0.15, 0.2) is 24.7 Å². The van der Waals surface area contributed by atoms with Gasteiger partial charge >= 0.3 is 6.09 Å². The lowest BCUT2D eigenvalue weighted by Gasteiger charge is -2.15. The number of carbonyl (C=O) groups is 1. The van der Waals surface area contributed by atoms with E-state index in [0.29, 0.717) is 19.1 Å². The SMILES string of the molecule is O=C1OCCN1c1cc(C2CC2)cn2ccnc12. The lowest BCUT2D eigenvalue weighted by molar-refractivity contribution is 0.181. The zero-order chi connectivity index (χ0) is 12.1. The van der Waals surface area contributed by atoms with Crippen LogP contribution < -0.4 is 4.90 Å². The van der Waals surface area contributed by atoms with E-state index in [1.165, 1.54) is 18.4 Å². The van der Waals surface area contributed by atoms with Gasteiger partial charge in [-0.15, -0.1) is 0 Å². The molecule has 1 aliphatic heterocycles. The number of anilines is 1. The molecule has 2 aliphatic rings. The Kier molecular flexibility index (Phi) is 1.92. The number of carbonyl (C=O) groups excluding carboxylic acids is 1. The van der Waals surface area contributed by atoms with Gasteiger partial charge in [-0.3, -0.25) is 4.90 Å². The molecule has 0 radical (unpaired) electrons. The van der Waals surface area contributed by atoms with Crippen LogP contribution >= 0.6 is 0 Å². The van der Waals surface area contributed by atoms with Gasteiger partial charge < -0.3 is 9.14 Å². The van der Waals surface area contributed by atoms with Crippen molar-refractivity contribution in [2.45, 2.75) is 18.8 Å². The van der Waals surface area contributed by atoms with Crippen molar-refractivity contribution in [3.05, 3.63) is 30.2 Å². The Morgan fingerprint density at radius 3 is 3.00 bits per heavy atom. The first-order valence-corrected chi connectivity index (χ1v) is 6.24. The van der Waals surface area contributed by atoms with E-state index in [9.17, 15) is 4.79 Å². The molecule has 2 aromatic heterocycles. The molecule has 2 aromatic rings. The van der Waals surface area contributed by atoms with E-state index in [-0.39, 0.29) is 6.09 Å². The fourth-order valence-electron chi connectivity index (χ4n) is 2.49. The van der Waals surface area contributed by atoms with E-state index >= 15 is 0 Å². The van der Waals surface area contributed by atoms with E-state index < -0.39 is 0 Å². The van der Waals surface area contributed by atoms with Gasteiger partial charge in [-0.05, 0) is 30.4 Å².